The van der Waals surface area contributed by atoms with E-state index in [4.69, 9.17) is 18.0 Å². The van der Waals surface area contributed by atoms with E-state index in [0.717, 1.165) is 35.7 Å². The summed E-state index contributed by atoms with van der Waals surface area (Å²) in [5.74, 6) is 0.331. The molecule has 0 saturated carbocycles. The highest BCUT2D eigenvalue weighted by Gasteiger charge is 2.28. The van der Waals surface area contributed by atoms with Crippen LogP contribution in [0.4, 0.5) is 5.69 Å². The monoisotopic (exact) mass is 296 g/mol. The van der Waals surface area contributed by atoms with Gasteiger partial charge in [-0.15, -0.1) is 11.8 Å². The summed E-state index contributed by atoms with van der Waals surface area (Å²) in [6, 6.07) is 6.15. The Balaban J connectivity index is 2.33. The molecule has 0 amide bonds. The Hall–Kier alpha value is -0.780. The smallest absolute Gasteiger partial charge is 0.107 e. The lowest BCUT2D eigenvalue weighted by atomic mass is 10.0. The largest absolute Gasteiger partial charge is 0.393 e. The van der Waals surface area contributed by atoms with E-state index in [9.17, 15) is 5.11 Å². The number of aliphatic hydroxyl groups is 1. The van der Waals surface area contributed by atoms with Gasteiger partial charge >= 0.3 is 0 Å². The van der Waals surface area contributed by atoms with E-state index in [1.807, 2.05) is 25.3 Å². The van der Waals surface area contributed by atoms with Gasteiger partial charge in [-0.2, -0.15) is 0 Å². The number of nitrogens with zero attached hydrogens (tertiary/aromatic N) is 1. The van der Waals surface area contributed by atoms with Gasteiger partial charge in [0.2, 0.25) is 0 Å². The van der Waals surface area contributed by atoms with E-state index in [1.165, 1.54) is 0 Å². The quantitative estimate of drug-likeness (QED) is 0.659. The van der Waals surface area contributed by atoms with Crippen molar-refractivity contribution in [3.63, 3.8) is 0 Å². The Morgan fingerprint density at radius 2 is 2.32 bits per heavy atom. The highest BCUT2D eigenvalue weighted by atomic mass is 32.2. The van der Waals surface area contributed by atoms with Crippen LogP contribution in [0.3, 0.4) is 0 Å². The van der Waals surface area contributed by atoms with Crippen LogP contribution in [-0.2, 0) is 0 Å². The van der Waals surface area contributed by atoms with Crippen molar-refractivity contribution < 1.29 is 5.11 Å². The molecule has 0 spiro atoms. The van der Waals surface area contributed by atoms with Gasteiger partial charge in [-0.25, -0.2) is 0 Å². The minimum Gasteiger partial charge on any atom is -0.393 e. The summed E-state index contributed by atoms with van der Waals surface area (Å²) in [5.41, 5.74) is 7.96. The van der Waals surface area contributed by atoms with Crippen molar-refractivity contribution in [1.29, 1.82) is 0 Å². The third-order valence-electron chi connectivity index (χ3n) is 3.72. The molecule has 1 saturated heterocycles. The summed E-state index contributed by atoms with van der Waals surface area (Å²) in [4.78, 5) is 3.84. The van der Waals surface area contributed by atoms with Gasteiger partial charge in [-0.1, -0.05) is 18.3 Å². The maximum Gasteiger partial charge on any atom is 0.107 e. The molecule has 2 atom stereocenters. The molecule has 3 N–H and O–H groups in total. The number of benzene rings is 1. The average molecular weight is 296 g/mol. The first kappa shape index (κ1) is 14.6. The summed E-state index contributed by atoms with van der Waals surface area (Å²) in [6.45, 7) is 3.68. The number of thiocarbonyl (C=S) groups is 1. The zero-order valence-corrected chi connectivity index (χ0v) is 12.9. The van der Waals surface area contributed by atoms with Crippen molar-refractivity contribution in [2.75, 3.05) is 24.2 Å². The zero-order chi connectivity index (χ0) is 14.0. The molecule has 5 heteroatoms. The van der Waals surface area contributed by atoms with Crippen molar-refractivity contribution in [1.82, 2.24) is 0 Å². The lowest BCUT2D eigenvalue weighted by molar-refractivity contribution is 0.136. The van der Waals surface area contributed by atoms with Gasteiger partial charge in [0.15, 0.2) is 0 Å². The third kappa shape index (κ3) is 3.04. The number of anilines is 1. The van der Waals surface area contributed by atoms with Gasteiger partial charge in [-0.3, -0.25) is 0 Å². The molecule has 0 aliphatic carbocycles. The van der Waals surface area contributed by atoms with Gasteiger partial charge in [0.25, 0.3) is 0 Å². The third-order valence-corrected chi connectivity index (χ3v) is 4.70. The normalized spacial score (nSPS) is 20.6. The molecule has 0 radical (unpaired) electrons. The van der Waals surface area contributed by atoms with E-state index < -0.39 is 0 Å². The average Bonchev–Trinajstić information content (AvgIpc) is 2.87. The van der Waals surface area contributed by atoms with Gasteiger partial charge in [0, 0.05) is 35.2 Å². The number of hydrogen-bond donors (Lipinski definition) is 2. The standard InChI is InChI=1S/C14H20N2OS2/c1-9(17)10-6-7-16(8-10)11-4-3-5-12(19-2)13(11)14(15)18/h3-5,9-10,17H,6-8H2,1-2H3,(H2,15,18). The van der Waals surface area contributed by atoms with Crippen LogP contribution in [0.15, 0.2) is 23.1 Å². The van der Waals surface area contributed by atoms with Gasteiger partial charge in [0.05, 0.1) is 6.10 Å². The van der Waals surface area contributed by atoms with E-state index in [0.29, 0.717) is 10.9 Å². The van der Waals surface area contributed by atoms with Crippen LogP contribution in [0.1, 0.15) is 18.9 Å². The molecular weight excluding hydrogens is 276 g/mol. The molecule has 1 aromatic rings. The second kappa shape index (κ2) is 6.11. The van der Waals surface area contributed by atoms with E-state index in [2.05, 4.69) is 11.0 Å². The first-order valence-electron chi connectivity index (χ1n) is 6.44. The SMILES string of the molecule is CSc1cccc(N2CCC(C(C)O)C2)c1C(N)=S. The number of nitrogens with two attached hydrogens (primary N) is 1. The summed E-state index contributed by atoms with van der Waals surface area (Å²) in [6.07, 6.45) is 2.78. The first-order chi connectivity index (χ1) is 9.04. The van der Waals surface area contributed by atoms with Gasteiger partial charge in [0.1, 0.15) is 4.99 Å². The summed E-state index contributed by atoms with van der Waals surface area (Å²) in [5, 5.41) is 9.71. The van der Waals surface area contributed by atoms with Gasteiger partial charge in [-0.05, 0) is 31.7 Å². The van der Waals surface area contributed by atoms with Crippen LogP contribution in [-0.4, -0.2) is 35.5 Å². The molecule has 2 rings (SSSR count). The highest BCUT2D eigenvalue weighted by molar-refractivity contribution is 7.98. The predicted molar refractivity (Wildman–Crippen MR) is 86.1 cm³/mol. The lowest BCUT2D eigenvalue weighted by Gasteiger charge is -2.23. The molecule has 1 aliphatic rings. The fraction of sp³-hybridized carbons (Fsp3) is 0.500. The van der Waals surface area contributed by atoms with Crippen molar-refractivity contribution in [2.45, 2.75) is 24.3 Å². The lowest BCUT2D eigenvalue weighted by Crippen LogP contribution is -2.26. The Kier molecular flexibility index (Phi) is 4.71. The molecule has 0 aromatic heterocycles. The molecule has 1 aliphatic heterocycles. The van der Waals surface area contributed by atoms with Crippen LogP contribution in [0, 0.1) is 5.92 Å². The maximum absolute atomic E-state index is 9.71. The Morgan fingerprint density at radius 1 is 1.58 bits per heavy atom. The molecule has 1 aromatic carbocycles. The van der Waals surface area contributed by atoms with Crippen molar-refractivity contribution in [3.8, 4) is 0 Å². The molecular formula is C14H20N2OS2. The Bertz CT molecular complexity index is 477. The van der Waals surface area contributed by atoms with Gasteiger partial charge < -0.3 is 15.7 Å². The molecule has 3 nitrogen and oxygen atoms in total. The van der Waals surface area contributed by atoms with Crippen LogP contribution in [0.2, 0.25) is 0 Å². The second-order valence-corrected chi connectivity index (χ2v) is 6.24. The first-order valence-corrected chi connectivity index (χ1v) is 8.07. The van der Waals surface area contributed by atoms with Crippen LogP contribution >= 0.6 is 24.0 Å². The van der Waals surface area contributed by atoms with Crippen molar-refractivity contribution in [3.05, 3.63) is 23.8 Å². The minimum absolute atomic E-state index is 0.262. The number of aliphatic hydroxyl groups excluding tert-OH is 1. The Labute approximate surface area is 124 Å². The highest BCUT2D eigenvalue weighted by Crippen LogP contribution is 2.33. The van der Waals surface area contributed by atoms with E-state index >= 15 is 0 Å². The molecule has 19 heavy (non-hydrogen) atoms. The fourth-order valence-corrected chi connectivity index (χ4v) is 3.51. The van der Waals surface area contributed by atoms with Crippen LogP contribution in [0.5, 0.6) is 0 Å². The number of hydrogen-bond acceptors (Lipinski definition) is 4. The van der Waals surface area contributed by atoms with Crippen molar-refractivity contribution >= 4 is 34.7 Å². The number of thioether (sulfide) groups is 1. The molecule has 1 fully saturated rings. The van der Waals surface area contributed by atoms with Crippen LogP contribution in [0.25, 0.3) is 0 Å². The molecule has 2 unspecified atom stereocenters. The predicted octanol–water partition coefficient (Wildman–Crippen LogP) is 2.25. The fourth-order valence-electron chi connectivity index (χ4n) is 2.60. The summed E-state index contributed by atoms with van der Waals surface area (Å²) < 4.78 is 0. The summed E-state index contributed by atoms with van der Waals surface area (Å²) >= 11 is 6.87. The topological polar surface area (TPSA) is 49.5 Å². The molecule has 0 bridgehead atoms. The second-order valence-electron chi connectivity index (χ2n) is 4.95. The van der Waals surface area contributed by atoms with Crippen molar-refractivity contribution in [2.24, 2.45) is 11.7 Å². The summed E-state index contributed by atoms with van der Waals surface area (Å²) in [7, 11) is 0. The molecule has 104 valence electrons. The maximum atomic E-state index is 9.71. The van der Waals surface area contributed by atoms with Crippen LogP contribution < -0.4 is 10.6 Å². The molecule has 1 heterocycles. The Morgan fingerprint density at radius 3 is 2.84 bits per heavy atom. The van der Waals surface area contributed by atoms with E-state index in [-0.39, 0.29) is 6.10 Å². The minimum atomic E-state index is -0.262. The van der Waals surface area contributed by atoms with E-state index in [1.54, 1.807) is 11.8 Å². The number of rotatable bonds is 4. The zero-order valence-electron chi connectivity index (χ0n) is 11.3.